The third-order valence-electron chi connectivity index (χ3n) is 6.33. The Bertz CT molecular complexity index is 1270. The third kappa shape index (κ3) is 6.36. The average molecular weight is 566 g/mol. The lowest BCUT2D eigenvalue weighted by atomic mass is 9.97. The lowest BCUT2D eigenvalue weighted by molar-refractivity contribution is -0.274. The zero-order chi connectivity index (χ0) is 29.0. The molecular formula is C26H28F3N4O7-. The van der Waals surface area contributed by atoms with E-state index in [0.29, 0.717) is 23.7 Å². The number of aromatic nitrogens is 3. The Morgan fingerprint density at radius 3 is 2.25 bits per heavy atom. The van der Waals surface area contributed by atoms with Crippen LogP contribution in [0.5, 0.6) is 5.75 Å². The van der Waals surface area contributed by atoms with E-state index in [0.717, 1.165) is 4.90 Å². The van der Waals surface area contributed by atoms with Gasteiger partial charge in [-0.3, -0.25) is 4.90 Å². The van der Waals surface area contributed by atoms with Crippen LogP contribution in [0.4, 0.5) is 23.7 Å². The highest BCUT2D eigenvalue weighted by atomic mass is 19.4. The Labute approximate surface area is 228 Å². The predicted octanol–water partition coefficient (Wildman–Crippen LogP) is 3.16. The van der Waals surface area contributed by atoms with Crippen molar-refractivity contribution in [1.29, 1.82) is 0 Å². The van der Waals surface area contributed by atoms with E-state index >= 15 is 0 Å². The van der Waals surface area contributed by atoms with Gasteiger partial charge in [-0.2, -0.15) is 0 Å². The van der Waals surface area contributed by atoms with E-state index in [1.165, 1.54) is 49.5 Å². The molecule has 3 aromatic rings. The molecule has 5 atom stereocenters. The summed E-state index contributed by atoms with van der Waals surface area (Å²) in [6, 6.07) is 11.5. The number of nitrogens with zero attached hydrogens (tertiary/aromatic N) is 4. The summed E-state index contributed by atoms with van der Waals surface area (Å²) in [7, 11) is 2.96. The lowest BCUT2D eigenvalue weighted by Crippen LogP contribution is -2.66. The molecule has 11 nitrogen and oxygen atoms in total. The number of hydrogen-bond acceptors (Lipinski definition) is 9. The van der Waals surface area contributed by atoms with Crippen molar-refractivity contribution in [3.05, 3.63) is 54.9 Å². The minimum absolute atomic E-state index is 0.258. The molecule has 0 bridgehead atoms. The van der Waals surface area contributed by atoms with Crippen molar-refractivity contribution in [2.75, 3.05) is 25.7 Å². The van der Waals surface area contributed by atoms with E-state index in [4.69, 9.17) is 18.9 Å². The maximum Gasteiger partial charge on any atom is 0.573 e. The third-order valence-corrected chi connectivity index (χ3v) is 6.33. The zero-order valence-corrected chi connectivity index (χ0v) is 22.1. The number of anilines is 1. The van der Waals surface area contributed by atoms with E-state index < -0.39 is 43.1 Å². The smallest absolute Gasteiger partial charge is 0.530 e. The molecular weight excluding hydrogens is 537 g/mol. The van der Waals surface area contributed by atoms with Crippen LogP contribution in [0.3, 0.4) is 0 Å². The van der Waals surface area contributed by atoms with Crippen LogP contribution in [0, 0.1) is 0 Å². The molecule has 1 fully saturated rings. The van der Waals surface area contributed by atoms with Gasteiger partial charge < -0.3 is 33.6 Å². The van der Waals surface area contributed by atoms with Crippen LogP contribution in [0.25, 0.3) is 17.1 Å². The number of methoxy groups -OCH3 is 2. The monoisotopic (exact) mass is 565 g/mol. The molecule has 1 aliphatic heterocycles. The molecule has 1 amide bonds. The Kier molecular flexibility index (Phi) is 8.93. The first-order chi connectivity index (χ1) is 19.1. The van der Waals surface area contributed by atoms with Crippen LogP contribution in [0.15, 0.2) is 54.9 Å². The Morgan fingerprint density at radius 1 is 1.05 bits per heavy atom. The van der Waals surface area contributed by atoms with E-state index in [9.17, 15) is 23.1 Å². The summed E-state index contributed by atoms with van der Waals surface area (Å²) in [5.41, 5.74) is 1.28. The molecule has 2 aromatic carbocycles. The van der Waals surface area contributed by atoms with E-state index in [2.05, 4.69) is 14.8 Å². The van der Waals surface area contributed by atoms with Gasteiger partial charge in [0.05, 0.1) is 11.8 Å². The average Bonchev–Trinajstić information content (AvgIpc) is 3.39. The number of amides is 1. The molecule has 2 heterocycles. The van der Waals surface area contributed by atoms with Gasteiger partial charge in [0.25, 0.3) is 0 Å². The van der Waals surface area contributed by atoms with Gasteiger partial charge in [0.1, 0.15) is 36.5 Å². The van der Waals surface area contributed by atoms with Crippen molar-refractivity contribution < 1.29 is 46.8 Å². The van der Waals surface area contributed by atoms with Crippen molar-refractivity contribution in [3.8, 4) is 22.8 Å². The van der Waals surface area contributed by atoms with Gasteiger partial charge in [-0.25, -0.2) is 9.67 Å². The van der Waals surface area contributed by atoms with Crippen molar-refractivity contribution in [1.82, 2.24) is 14.8 Å². The second-order valence-corrected chi connectivity index (χ2v) is 8.79. The highest BCUT2D eigenvalue weighted by Crippen LogP contribution is 2.32. The largest absolute Gasteiger partial charge is 0.573 e. The first-order valence-electron chi connectivity index (χ1n) is 12.3. The normalized spacial score (nSPS) is 23.1. The van der Waals surface area contributed by atoms with Gasteiger partial charge in [0, 0.05) is 32.1 Å². The first kappa shape index (κ1) is 29.3. The van der Waals surface area contributed by atoms with Crippen LogP contribution in [-0.4, -0.2) is 78.7 Å². The molecule has 4 rings (SSSR count). The summed E-state index contributed by atoms with van der Waals surface area (Å²) in [4.78, 5) is 17.5. The SMILES string of the molecule is CCO[C@@H]1[C@H](OC)[C@H](N(C(=O)[O-])c2ccc(-c3ncn(-c4ccc(OC(F)(F)F)cc4)n3)cc2)O[C@H](C)[C@H]1OC. The summed E-state index contributed by atoms with van der Waals surface area (Å²) in [6.07, 6.45) is -8.39. The van der Waals surface area contributed by atoms with Gasteiger partial charge in [-0.1, -0.05) is 0 Å². The van der Waals surface area contributed by atoms with Crippen LogP contribution in [0.2, 0.25) is 0 Å². The first-order valence-corrected chi connectivity index (χ1v) is 12.3. The van der Waals surface area contributed by atoms with Gasteiger partial charge in [0.15, 0.2) is 12.1 Å². The maximum absolute atomic E-state index is 12.4. The lowest BCUT2D eigenvalue weighted by Gasteiger charge is -2.48. The Hall–Kier alpha value is -3.72. The molecule has 1 aliphatic rings. The number of carbonyl (C=O) groups is 1. The van der Waals surface area contributed by atoms with Crippen molar-refractivity contribution >= 4 is 11.8 Å². The molecule has 0 N–H and O–H groups in total. The minimum atomic E-state index is -4.79. The summed E-state index contributed by atoms with van der Waals surface area (Å²) in [5.74, 6) is -0.0548. The number of alkyl halides is 3. The quantitative estimate of drug-likeness (QED) is 0.385. The Morgan fingerprint density at radius 2 is 1.70 bits per heavy atom. The van der Waals surface area contributed by atoms with Crippen LogP contribution in [0.1, 0.15) is 13.8 Å². The van der Waals surface area contributed by atoms with Gasteiger partial charge >= 0.3 is 6.36 Å². The summed E-state index contributed by atoms with van der Waals surface area (Å²) in [5, 5.41) is 16.7. The van der Waals surface area contributed by atoms with Crippen LogP contribution in [-0.2, 0) is 18.9 Å². The van der Waals surface area contributed by atoms with Crippen molar-refractivity contribution in [2.45, 2.75) is 50.9 Å². The highest BCUT2D eigenvalue weighted by Gasteiger charge is 2.48. The fourth-order valence-electron chi connectivity index (χ4n) is 4.60. The fraction of sp³-hybridized carbons (Fsp3) is 0.423. The number of benzene rings is 2. The number of halogens is 3. The highest BCUT2D eigenvalue weighted by molar-refractivity contribution is 5.85. The topological polar surface area (TPSA) is 120 Å². The van der Waals surface area contributed by atoms with Crippen LogP contribution >= 0.6 is 0 Å². The van der Waals surface area contributed by atoms with Crippen molar-refractivity contribution in [2.24, 2.45) is 0 Å². The Balaban J connectivity index is 1.55. The standard InChI is InChI=1S/C26H29F3N4O7/c1-5-38-21-20(36-3)15(2)39-24(22(21)37-4)33(25(34)35)18-8-6-16(7-9-18)23-30-14-32(31-23)17-10-12-19(13-11-17)40-26(27,28)29/h6-15,20-22,24H,5H2,1-4H3,(H,34,35)/p-1/t15-,20-,21+,22+,24-/m1/s1. The van der Waals surface area contributed by atoms with Gasteiger partial charge in [0.2, 0.25) is 0 Å². The van der Waals surface area contributed by atoms with E-state index in [1.54, 1.807) is 31.2 Å². The number of rotatable bonds is 9. The molecule has 0 radical (unpaired) electrons. The summed E-state index contributed by atoms with van der Waals surface area (Å²) in [6.45, 7) is 3.93. The van der Waals surface area contributed by atoms with Crippen molar-refractivity contribution in [3.63, 3.8) is 0 Å². The number of carboxylic acid groups (broad SMARTS) is 1. The number of hydrogen-bond donors (Lipinski definition) is 0. The molecule has 0 aliphatic carbocycles. The number of carbonyl (C=O) groups excluding carboxylic acids is 1. The van der Waals surface area contributed by atoms with Gasteiger partial charge in [-0.05, 0) is 62.4 Å². The second-order valence-electron chi connectivity index (χ2n) is 8.79. The van der Waals surface area contributed by atoms with Gasteiger partial charge in [-0.15, -0.1) is 18.3 Å². The molecule has 0 saturated carbocycles. The zero-order valence-electron chi connectivity index (χ0n) is 22.1. The van der Waals surface area contributed by atoms with Crippen LogP contribution < -0.4 is 14.7 Å². The molecule has 40 heavy (non-hydrogen) atoms. The molecule has 0 spiro atoms. The fourth-order valence-corrected chi connectivity index (χ4v) is 4.60. The summed E-state index contributed by atoms with van der Waals surface area (Å²) < 4.78 is 65.5. The molecule has 14 heteroatoms. The summed E-state index contributed by atoms with van der Waals surface area (Å²) >= 11 is 0. The molecule has 1 saturated heterocycles. The second kappa shape index (κ2) is 12.2. The molecule has 1 aromatic heterocycles. The van der Waals surface area contributed by atoms with E-state index in [-0.39, 0.29) is 11.4 Å². The van der Waals surface area contributed by atoms with E-state index in [1.807, 2.05) is 6.92 Å². The minimum Gasteiger partial charge on any atom is -0.530 e. The molecule has 216 valence electrons. The molecule has 0 unspecified atom stereocenters. The maximum atomic E-state index is 12.4. The number of ether oxygens (including phenoxy) is 5. The predicted molar refractivity (Wildman–Crippen MR) is 133 cm³/mol.